The summed E-state index contributed by atoms with van der Waals surface area (Å²) in [7, 11) is 0. The van der Waals surface area contributed by atoms with Crippen molar-refractivity contribution in [3.8, 4) is 0 Å². The third kappa shape index (κ3) is 3.56. The topological polar surface area (TPSA) is 38.8 Å². The van der Waals surface area contributed by atoms with E-state index >= 15 is 0 Å². The molecule has 0 radical (unpaired) electrons. The van der Waals surface area contributed by atoms with Crippen LogP contribution in [0, 0.1) is 0 Å². The highest BCUT2D eigenvalue weighted by Crippen LogP contribution is 2.35. The van der Waals surface area contributed by atoms with Gasteiger partial charge in [0.25, 0.3) is 0 Å². The fourth-order valence-corrected chi connectivity index (χ4v) is 3.64. The third-order valence-electron chi connectivity index (χ3n) is 4.76. The van der Waals surface area contributed by atoms with Crippen LogP contribution in [0.3, 0.4) is 0 Å². The van der Waals surface area contributed by atoms with Crippen molar-refractivity contribution in [1.82, 2.24) is 4.90 Å². The van der Waals surface area contributed by atoms with Crippen LogP contribution >= 0.6 is 11.6 Å². The molecule has 0 amide bonds. The number of ether oxygens (including phenoxy) is 2. The van der Waals surface area contributed by atoms with Crippen molar-refractivity contribution in [3.63, 3.8) is 0 Å². The molecule has 2 aliphatic rings. The molecule has 5 heteroatoms. The van der Waals surface area contributed by atoms with Crippen LogP contribution in [0.4, 0.5) is 0 Å². The second kappa shape index (κ2) is 7.16. The average Bonchev–Trinajstić information content (AvgIpc) is 3.25. The second-order valence-corrected chi connectivity index (χ2v) is 6.97. The van der Waals surface area contributed by atoms with E-state index in [2.05, 4.69) is 4.90 Å². The molecule has 2 heterocycles. The summed E-state index contributed by atoms with van der Waals surface area (Å²) in [6.07, 6.45) is 1.93. The Kier molecular flexibility index (Phi) is 4.75. The molecule has 2 atom stereocenters. The van der Waals surface area contributed by atoms with Gasteiger partial charge in [-0.25, -0.2) is 4.79 Å². The van der Waals surface area contributed by atoms with Gasteiger partial charge in [-0.05, 0) is 36.6 Å². The molecule has 0 N–H and O–H groups in total. The summed E-state index contributed by atoms with van der Waals surface area (Å²) in [5.74, 6) is -0.256. The number of fused-ring (bicyclic) bond motifs is 1. The van der Waals surface area contributed by atoms with Gasteiger partial charge >= 0.3 is 5.97 Å². The van der Waals surface area contributed by atoms with Crippen molar-refractivity contribution < 1.29 is 14.3 Å². The summed E-state index contributed by atoms with van der Waals surface area (Å²) in [6, 6.07) is 15.4. The van der Waals surface area contributed by atoms with Crippen LogP contribution in [0.25, 0.3) is 0 Å². The van der Waals surface area contributed by atoms with Gasteiger partial charge in [-0.15, -0.1) is 0 Å². The number of cyclic esters (lactones) is 1. The van der Waals surface area contributed by atoms with Crippen molar-refractivity contribution in [2.45, 2.75) is 31.7 Å². The Morgan fingerprint density at radius 2 is 1.92 bits per heavy atom. The predicted octanol–water partition coefficient (Wildman–Crippen LogP) is 4.19. The van der Waals surface area contributed by atoms with Crippen molar-refractivity contribution in [1.29, 1.82) is 0 Å². The lowest BCUT2D eigenvalue weighted by Gasteiger charge is -2.30. The Hall–Kier alpha value is -1.88. The van der Waals surface area contributed by atoms with E-state index in [1.807, 2.05) is 48.5 Å². The van der Waals surface area contributed by atoms with Gasteiger partial charge in [0.1, 0.15) is 0 Å². The van der Waals surface area contributed by atoms with E-state index in [0.717, 1.165) is 37.1 Å². The molecule has 0 saturated carbocycles. The summed E-state index contributed by atoms with van der Waals surface area (Å²) >= 11 is 6.00. The van der Waals surface area contributed by atoms with E-state index in [1.54, 1.807) is 0 Å². The maximum Gasteiger partial charge on any atom is 0.340 e. The van der Waals surface area contributed by atoms with Gasteiger partial charge in [-0.2, -0.15) is 0 Å². The summed E-state index contributed by atoms with van der Waals surface area (Å²) in [6.45, 7) is 2.21. The first-order chi connectivity index (χ1) is 12.2. The van der Waals surface area contributed by atoms with Crippen LogP contribution in [0.5, 0.6) is 0 Å². The fraction of sp³-hybridized carbons (Fsp3) is 0.350. The standard InChI is InChI=1S/C20H20ClNO3/c21-15-9-7-14(8-10-15)12-22(13-16-4-3-11-24-16)19-17-5-1-2-6-18(17)20(23)25-19/h1-2,5-10,16,19H,3-4,11-13H2. The number of hydrogen-bond acceptors (Lipinski definition) is 4. The van der Waals surface area contributed by atoms with Gasteiger partial charge in [0, 0.05) is 30.3 Å². The molecular weight excluding hydrogens is 338 g/mol. The van der Waals surface area contributed by atoms with Crippen LogP contribution in [0.15, 0.2) is 48.5 Å². The first kappa shape index (κ1) is 16.6. The first-order valence-electron chi connectivity index (χ1n) is 8.61. The Morgan fingerprint density at radius 1 is 1.12 bits per heavy atom. The number of benzene rings is 2. The predicted molar refractivity (Wildman–Crippen MR) is 95.4 cm³/mol. The quantitative estimate of drug-likeness (QED) is 0.752. The molecule has 25 heavy (non-hydrogen) atoms. The molecular formula is C20H20ClNO3. The fourth-order valence-electron chi connectivity index (χ4n) is 3.52. The van der Waals surface area contributed by atoms with Crippen LogP contribution in [-0.2, 0) is 16.0 Å². The number of hydrogen-bond donors (Lipinski definition) is 0. The van der Waals surface area contributed by atoms with Crippen molar-refractivity contribution in [2.24, 2.45) is 0 Å². The molecule has 4 rings (SSSR count). The highest BCUT2D eigenvalue weighted by atomic mass is 35.5. The SMILES string of the molecule is O=C1OC(N(Cc2ccc(Cl)cc2)CC2CCCO2)c2ccccc21. The molecule has 4 nitrogen and oxygen atoms in total. The second-order valence-electron chi connectivity index (χ2n) is 6.54. The summed E-state index contributed by atoms with van der Waals surface area (Å²) < 4.78 is 11.5. The zero-order valence-corrected chi connectivity index (χ0v) is 14.6. The number of carbonyl (C=O) groups is 1. The van der Waals surface area contributed by atoms with Gasteiger partial charge in [0.2, 0.25) is 0 Å². The zero-order chi connectivity index (χ0) is 17.2. The molecule has 0 bridgehead atoms. The molecule has 0 aromatic heterocycles. The van der Waals surface area contributed by atoms with E-state index in [9.17, 15) is 4.79 Å². The van der Waals surface area contributed by atoms with Crippen LogP contribution in [-0.4, -0.2) is 30.1 Å². The van der Waals surface area contributed by atoms with Crippen LogP contribution in [0.1, 0.15) is 40.6 Å². The van der Waals surface area contributed by atoms with Gasteiger partial charge in [0.15, 0.2) is 6.23 Å². The highest BCUT2D eigenvalue weighted by Gasteiger charge is 2.36. The third-order valence-corrected chi connectivity index (χ3v) is 5.01. The van der Waals surface area contributed by atoms with E-state index in [0.29, 0.717) is 17.1 Å². The Morgan fingerprint density at radius 3 is 2.68 bits per heavy atom. The lowest BCUT2D eigenvalue weighted by atomic mass is 10.1. The monoisotopic (exact) mass is 357 g/mol. The normalized spacial score (nSPS) is 22.2. The molecule has 130 valence electrons. The number of nitrogens with zero attached hydrogens (tertiary/aromatic N) is 1. The summed E-state index contributed by atoms with van der Waals surface area (Å²) in [5.41, 5.74) is 2.71. The average molecular weight is 358 g/mol. The van der Waals surface area contributed by atoms with Gasteiger partial charge in [-0.3, -0.25) is 4.90 Å². The lowest BCUT2D eigenvalue weighted by Crippen LogP contribution is -2.35. The summed E-state index contributed by atoms with van der Waals surface area (Å²) in [4.78, 5) is 14.4. The van der Waals surface area contributed by atoms with Crippen LogP contribution in [0.2, 0.25) is 5.02 Å². The minimum absolute atomic E-state index is 0.179. The van der Waals surface area contributed by atoms with E-state index in [4.69, 9.17) is 21.1 Å². The van der Waals surface area contributed by atoms with Crippen molar-refractivity contribution in [2.75, 3.05) is 13.2 Å². The maximum atomic E-state index is 12.2. The zero-order valence-electron chi connectivity index (χ0n) is 13.9. The highest BCUT2D eigenvalue weighted by molar-refractivity contribution is 6.30. The number of esters is 1. The molecule has 2 aromatic rings. The lowest BCUT2D eigenvalue weighted by molar-refractivity contribution is -0.0467. The molecule has 2 unspecified atom stereocenters. The molecule has 2 aromatic carbocycles. The van der Waals surface area contributed by atoms with Crippen molar-refractivity contribution in [3.05, 3.63) is 70.2 Å². The number of rotatable bonds is 5. The largest absolute Gasteiger partial charge is 0.438 e. The molecule has 2 aliphatic heterocycles. The Bertz CT molecular complexity index is 756. The number of halogens is 1. The minimum Gasteiger partial charge on any atom is -0.438 e. The van der Waals surface area contributed by atoms with E-state index in [1.165, 1.54) is 0 Å². The Labute approximate surface area is 152 Å². The molecule has 1 fully saturated rings. The number of carbonyl (C=O) groups excluding carboxylic acids is 1. The minimum atomic E-state index is -0.372. The maximum absolute atomic E-state index is 12.2. The molecule has 1 saturated heterocycles. The van der Waals surface area contributed by atoms with E-state index < -0.39 is 0 Å². The molecule has 0 spiro atoms. The van der Waals surface area contributed by atoms with E-state index in [-0.39, 0.29) is 18.3 Å². The van der Waals surface area contributed by atoms with Gasteiger partial charge in [-0.1, -0.05) is 41.9 Å². The summed E-state index contributed by atoms with van der Waals surface area (Å²) in [5, 5.41) is 0.715. The molecule has 0 aliphatic carbocycles. The van der Waals surface area contributed by atoms with Gasteiger partial charge in [0.05, 0.1) is 11.7 Å². The Balaban J connectivity index is 1.60. The van der Waals surface area contributed by atoms with Crippen molar-refractivity contribution >= 4 is 17.6 Å². The smallest absolute Gasteiger partial charge is 0.340 e. The van der Waals surface area contributed by atoms with Crippen LogP contribution < -0.4 is 0 Å². The van der Waals surface area contributed by atoms with Gasteiger partial charge < -0.3 is 9.47 Å². The first-order valence-corrected chi connectivity index (χ1v) is 8.98.